The van der Waals surface area contributed by atoms with E-state index in [1.807, 2.05) is 25.1 Å². The number of ketones is 1. The molecule has 1 aliphatic rings. The number of benzene rings is 1. The third-order valence-corrected chi connectivity index (χ3v) is 3.92. The van der Waals surface area contributed by atoms with Gasteiger partial charge in [-0.2, -0.15) is 0 Å². The predicted molar refractivity (Wildman–Crippen MR) is 85.2 cm³/mol. The lowest BCUT2D eigenvalue weighted by atomic mass is 10.0. The van der Waals surface area contributed by atoms with Crippen molar-refractivity contribution in [3.05, 3.63) is 29.3 Å². The second kappa shape index (κ2) is 8.15. The van der Waals surface area contributed by atoms with Gasteiger partial charge in [-0.15, -0.1) is 0 Å². The largest absolute Gasteiger partial charge is 0.493 e. The highest BCUT2D eigenvalue weighted by Crippen LogP contribution is 2.22. The summed E-state index contributed by atoms with van der Waals surface area (Å²) in [5.74, 6) is 0.910. The van der Waals surface area contributed by atoms with Crippen LogP contribution >= 0.6 is 0 Å². The summed E-state index contributed by atoms with van der Waals surface area (Å²) < 4.78 is 5.61. The molecule has 21 heavy (non-hydrogen) atoms. The summed E-state index contributed by atoms with van der Waals surface area (Å²) in [7, 11) is 0. The van der Waals surface area contributed by atoms with Crippen LogP contribution in [-0.2, 0) is 6.42 Å². The Morgan fingerprint density at radius 1 is 1.29 bits per heavy atom. The van der Waals surface area contributed by atoms with E-state index >= 15 is 0 Å². The van der Waals surface area contributed by atoms with Gasteiger partial charge in [0.2, 0.25) is 0 Å². The first-order chi connectivity index (χ1) is 10.2. The monoisotopic (exact) mass is 290 g/mol. The van der Waals surface area contributed by atoms with Gasteiger partial charge in [0.25, 0.3) is 0 Å². The van der Waals surface area contributed by atoms with Crippen LogP contribution in [0.5, 0.6) is 5.75 Å². The fourth-order valence-corrected chi connectivity index (χ4v) is 2.63. The Morgan fingerprint density at radius 2 is 2.05 bits per heavy atom. The summed E-state index contributed by atoms with van der Waals surface area (Å²) in [5, 5.41) is 3.33. The fourth-order valence-electron chi connectivity index (χ4n) is 2.63. The predicted octanol–water partition coefficient (Wildman–Crippen LogP) is 2.13. The smallest absolute Gasteiger partial charge is 0.167 e. The Balaban J connectivity index is 2.02. The number of ether oxygens (including phenoxy) is 1. The normalized spacial score (nSPS) is 15.9. The summed E-state index contributed by atoms with van der Waals surface area (Å²) in [6.45, 7) is 9.56. The highest BCUT2D eigenvalue weighted by atomic mass is 16.5. The van der Waals surface area contributed by atoms with Gasteiger partial charge >= 0.3 is 0 Å². The van der Waals surface area contributed by atoms with Crippen molar-refractivity contribution in [2.75, 3.05) is 39.3 Å². The first-order valence-electron chi connectivity index (χ1n) is 7.96. The van der Waals surface area contributed by atoms with Gasteiger partial charge in [0, 0.05) is 39.1 Å². The lowest BCUT2D eigenvalue weighted by Crippen LogP contribution is -2.44. The molecule has 2 rings (SSSR count). The molecule has 0 amide bonds. The van der Waals surface area contributed by atoms with Gasteiger partial charge in [-0.1, -0.05) is 13.0 Å². The summed E-state index contributed by atoms with van der Waals surface area (Å²) in [6, 6.07) is 5.96. The molecule has 1 aliphatic heterocycles. The van der Waals surface area contributed by atoms with Gasteiger partial charge in [-0.25, -0.2) is 0 Å². The van der Waals surface area contributed by atoms with Crippen molar-refractivity contribution in [1.29, 1.82) is 0 Å². The number of rotatable bonds is 7. The van der Waals surface area contributed by atoms with Gasteiger partial charge in [-0.3, -0.25) is 4.79 Å². The van der Waals surface area contributed by atoms with Crippen LogP contribution in [0.15, 0.2) is 18.2 Å². The number of aryl methyl sites for hydroxylation is 1. The Bertz CT molecular complexity index is 468. The first-order valence-corrected chi connectivity index (χ1v) is 7.96. The molecule has 1 saturated heterocycles. The van der Waals surface area contributed by atoms with Crippen molar-refractivity contribution in [2.45, 2.75) is 26.7 Å². The number of nitrogens with zero attached hydrogens (tertiary/aromatic N) is 1. The van der Waals surface area contributed by atoms with E-state index in [0.29, 0.717) is 13.0 Å². The number of hydrogen-bond acceptors (Lipinski definition) is 4. The molecule has 0 bridgehead atoms. The topological polar surface area (TPSA) is 41.6 Å². The van der Waals surface area contributed by atoms with Crippen LogP contribution in [-0.4, -0.2) is 50.0 Å². The fraction of sp³-hybridized carbons (Fsp3) is 0.588. The molecule has 0 aliphatic carbocycles. The lowest BCUT2D eigenvalue weighted by molar-refractivity contribution is 0.0957. The van der Waals surface area contributed by atoms with Gasteiger partial charge in [0.15, 0.2) is 5.78 Å². The molecule has 0 saturated carbocycles. The Labute approximate surface area is 127 Å². The van der Waals surface area contributed by atoms with Gasteiger partial charge in [0.05, 0.1) is 12.2 Å². The van der Waals surface area contributed by atoms with Crippen LogP contribution < -0.4 is 10.1 Å². The SMILES string of the molecule is CCOc1ccc(CC)cc1C(=O)CCN1CCNCC1. The molecule has 4 nitrogen and oxygen atoms in total. The minimum atomic E-state index is 0.187. The zero-order valence-electron chi connectivity index (χ0n) is 13.2. The maximum Gasteiger partial charge on any atom is 0.167 e. The average Bonchev–Trinajstić information content (AvgIpc) is 2.54. The van der Waals surface area contributed by atoms with Crippen molar-refractivity contribution < 1.29 is 9.53 Å². The van der Waals surface area contributed by atoms with Crippen LogP contribution in [0.4, 0.5) is 0 Å². The van der Waals surface area contributed by atoms with E-state index in [1.165, 1.54) is 5.56 Å². The third kappa shape index (κ3) is 4.55. The standard InChI is InChI=1S/C17H26N2O2/c1-3-14-5-6-17(21-4-2)15(13-14)16(20)7-10-19-11-8-18-9-12-19/h5-6,13,18H,3-4,7-12H2,1-2H3. The van der Waals surface area contributed by atoms with Crippen molar-refractivity contribution in [1.82, 2.24) is 10.2 Å². The van der Waals surface area contributed by atoms with E-state index in [-0.39, 0.29) is 5.78 Å². The molecule has 116 valence electrons. The maximum atomic E-state index is 12.5. The molecular weight excluding hydrogens is 264 g/mol. The molecule has 1 heterocycles. The van der Waals surface area contributed by atoms with Gasteiger partial charge in [-0.05, 0) is 31.0 Å². The third-order valence-electron chi connectivity index (χ3n) is 3.92. The number of hydrogen-bond donors (Lipinski definition) is 1. The Morgan fingerprint density at radius 3 is 2.71 bits per heavy atom. The highest BCUT2D eigenvalue weighted by molar-refractivity contribution is 5.99. The zero-order valence-corrected chi connectivity index (χ0v) is 13.2. The Kier molecular flexibility index (Phi) is 6.21. The van der Waals surface area contributed by atoms with Crippen LogP contribution in [0, 0.1) is 0 Å². The molecule has 1 aromatic rings. The molecule has 0 unspecified atom stereocenters. The molecule has 0 radical (unpaired) electrons. The molecule has 0 spiro atoms. The number of carbonyl (C=O) groups is 1. The minimum absolute atomic E-state index is 0.187. The molecular formula is C17H26N2O2. The van der Waals surface area contributed by atoms with E-state index < -0.39 is 0 Å². The molecule has 4 heteroatoms. The zero-order chi connectivity index (χ0) is 15.1. The summed E-state index contributed by atoms with van der Waals surface area (Å²) in [6.07, 6.45) is 1.50. The number of nitrogens with one attached hydrogen (secondary N) is 1. The minimum Gasteiger partial charge on any atom is -0.493 e. The van der Waals surface area contributed by atoms with Crippen molar-refractivity contribution in [3.63, 3.8) is 0 Å². The quantitative estimate of drug-likeness (QED) is 0.781. The number of piperazine rings is 1. The molecule has 0 atom stereocenters. The van der Waals surface area contributed by atoms with Crippen LogP contribution in [0.1, 0.15) is 36.2 Å². The van der Waals surface area contributed by atoms with Crippen LogP contribution in [0.25, 0.3) is 0 Å². The van der Waals surface area contributed by atoms with Crippen LogP contribution in [0.2, 0.25) is 0 Å². The maximum absolute atomic E-state index is 12.5. The first kappa shape index (κ1) is 16.0. The number of carbonyl (C=O) groups excluding carboxylic acids is 1. The second-order valence-electron chi connectivity index (χ2n) is 5.38. The van der Waals surface area contributed by atoms with Gasteiger partial charge in [0.1, 0.15) is 5.75 Å². The molecule has 1 aromatic carbocycles. The average molecular weight is 290 g/mol. The van der Waals surface area contributed by atoms with Crippen molar-refractivity contribution in [3.8, 4) is 5.75 Å². The summed E-state index contributed by atoms with van der Waals surface area (Å²) in [5.41, 5.74) is 1.93. The summed E-state index contributed by atoms with van der Waals surface area (Å²) >= 11 is 0. The molecule has 1 N–H and O–H groups in total. The molecule has 0 aromatic heterocycles. The van der Waals surface area contributed by atoms with Crippen molar-refractivity contribution in [2.24, 2.45) is 0 Å². The highest BCUT2D eigenvalue weighted by Gasteiger charge is 2.16. The molecule has 1 fully saturated rings. The van der Waals surface area contributed by atoms with E-state index in [0.717, 1.165) is 50.5 Å². The number of Topliss-reactive ketones (excluding diaryl/α,β-unsaturated/α-hetero) is 1. The van der Waals surface area contributed by atoms with Crippen molar-refractivity contribution >= 4 is 5.78 Å². The lowest BCUT2D eigenvalue weighted by Gasteiger charge is -2.26. The van der Waals surface area contributed by atoms with E-state index in [9.17, 15) is 4.79 Å². The Hall–Kier alpha value is -1.39. The van der Waals surface area contributed by atoms with E-state index in [2.05, 4.69) is 17.1 Å². The summed E-state index contributed by atoms with van der Waals surface area (Å²) in [4.78, 5) is 14.9. The van der Waals surface area contributed by atoms with E-state index in [1.54, 1.807) is 0 Å². The van der Waals surface area contributed by atoms with Gasteiger partial charge < -0.3 is 15.0 Å². The van der Waals surface area contributed by atoms with Crippen LogP contribution in [0.3, 0.4) is 0 Å². The second-order valence-corrected chi connectivity index (χ2v) is 5.38. The van der Waals surface area contributed by atoms with E-state index in [4.69, 9.17) is 4.74 Å².